The summed E-state index contributed by atoms with van der Waals surface area (Å²) in [6.45, 7) is -0.796. The maximum atomic E-state index is 13.0. The smallest absolute Gasteiger partial charge is 0.387 e. The van der Waals surface area contributed by atoms with Gasteiger partial charge in [-0.25, -0.2) is 0 Å². The third kappa shape index (κ3) is 4.41. The first-order valence-corrected chi connectivity index (χ1v) is 11.3. The number of carbonyl (C=O) groups is 1. The van der Waals surface area contributed by atoms with Gasteiger partial charge in [-0.2, -0.15) is 8.78 Å². The molecule has 1 N–H and O–H groups in total. The van der Waals surface area contributed by atoms with Crippen molar-refractivity contribution in [1.82, 2.24) is 10.4 Å². The lowest BCUT2D eigenvalue weighted by atomic mass is 10.0. The molecule has 0 aromatic heterocycles. The first-order chi connectivity index (χ1) is 15.5. The number of halogens is 2. The van der Waals surface area contributed by atoms with Gasteiger partial charge in [0, 0.05) is 37.5 Å². The maximum Gasteiger partial charge on any atom is 0.387 e. The minimum atomic E-state index is -2.96. The Hall–Kier alpha value is -2.39. The standard InChI is InChI=1S/C23H28F2N2O5/c24-22(25)31-19-6-5-16(18-12-23(32-26-18)8-10-29-14-23)11-20(19)30-17-7-9-27(13-17)21(28)15-3-1-2-4-15/h5-6,11-12,15,17,22,26H,1-4,7-10,13-14H2/t17-,23?/m0/s1. The highest BCUT2D eigenvalue weighted by atomic mass is 19.3. The number of hydrogen-bond donors (Lipinski definition) is 1. The van der Waals surface area contributed by atoms with Gasteiger partial charge in [0.25, 0.3) is 0 Å². The molecule has 0 radical (unpaired) electrons. The molecule has 1 aliphatic carbocycles. The predicted octanol–water partition coefficient (Wildman–Crippen LogP) is 3.49. The largest absolute Gasteiger partial charge is 0.485 e. The number of alkyl halides is 2. The van der Waals surface area contributed by atoms with Gasteiger partial charge >= 0.3 is 6.61 Å². The van der Waals surface area contributed by atoms with E-state index in [1.807, 2.05) is 11.0 Å². The van der Waals surface area contributed by atoms with Crippen LogP contribution in [0.25, 0.3) is 5.70 Å². The van der Waals surface area contributed by atoms with Gasteiger partial charge in [-0.15, -0.1) is 0 Å². The Labute approximate surface area is 185 Å². The van der Waals surface area contributed by atoms with Crippen LogP contribution in [-0.2, 0) is 14.4 Å². The summed E-state index contributed by atoms with van der Waals surface area (Å²) in [6, 6.07) is 4.84. The van der Waals surface area contributed by atoms with Gasteiger partial charge in [-0.1, -0.05) is 12.8 Å². The number of carbonyl (C=O) groups excluding carboxylic acids is 1. The van der Waals surface area contributed by atoms with Crippen molar-refractivity contribution in [2.75, 3.05) is 26.3 Å². The van der Waals surface area contributed by atoms with E-state index >= 15 is 0 Å². The van der Waals surface area contributed by atoms with E-state index in [1.54, 1.807) is 12.1 Å². The average Bonchev–Trinajstić information content (AvgIpc) is 3.58. The van der Waals surface area contributed by atoms with Gasteiger partial charge in [0.15, 0.2) is 11.5 Å². The normalized spacial score (nSPS) is 27.9. The molecule has 3 aliphatic heterocycles. The van der Waals surface area contributed by atoms with Gasteiger partial charge in [0.05, 0.1) is 18.8 Å². The number of nitrogens with zero attached hydrogens (tertiary/aromatic N) is 1. The number of rotatable bonds is 6. The SMILES string of the molecule is O=C(C1CCCC1)N1CC[C@H](Oc2cc(C3=CC4(CCOC4)ON3)ccc2OC(F)F)C1. The summed E-state index contributed by atoms with van der Waals surface area (Å²) in [5.41, 5.74) is 3.89. The van der Waals surface area contributed by atoms with Crippen molar-refractivity contribution in [2.24, 2.45) is 5.92 Å². The molecule has 9 heteroatoms. The summed E-state index contributed by atoms with van der Waals surface area (Å²) >= 11 is 0. The molecular weight excluding hydrogens is 422 g/mol. The van der Waals surface area contributed by atoms with Crippen molar-refractivity contribution in [1.29, 1.82) is 0 Å². The second-order valence-electron chi connectivity index (χ2n) is 8.96. The van der Waals surface area contributed by atoms with E-state index < -0.39 is 12.2 Å². The molecule has 7 nitrogen and oxygen atoms in total. The maximum absolute atomic E-state index is 13.0. The highest BCUT2D eigenvalue weighted by molar-refractivity contribution is 5.79. The third-order valence-corrected chi connectivity index (χ3v) is 6.71. The second-order valence-corrected chi connectivity index (χ2v) is 8.96. The highest BCUT2D eigenvalue weighted by Gasteiger charge is 2.40. The lowest BCUT2D eigenvalue weighted by Gasteiger charge is -2.21. The fourth-order valence-electron chi connectivity index (χ4n) is 4.97. The van der Waals surface area contributed by atoms with Crippen LogP contribution in [0, 0.1) is 5.92 Å². The van der Waals surface area contributed by atoms with Crippen LogP contribution in [-0.4, -0.2) is 55.4 Å². The van der Waals surface area contributed by atoms with Crippen LogP contribution >= 0.6 is 0 Å². The Balaban J connectivity index is 1.31. The van der Waals surface area contributed by atoms with Gasteiger partial charge in [-0.3, -0.25) is 15.1 Å². The van der Waals surface area contributed by atoms with Gasteiger partial charge in [0.2, 0.25) is 5.91 Å². The zero-order valence-electron chi connectivity index (χ0n) is 17.9. The average molecular weight is 450 g/mol. The van der Waals surface area contributed by atoms with Crippen molar-refractivity contribution in [2.45, 2.75) is 56.8 Å². The summed E-state index contributed by atoms with van der Waals surface area (Å²) < 4.78 is 42.2. The van der Waals surface area contributed by atoms with Crippen LogP contribution < -0.4 is 15.0 Å². The molecule has 32 heavy (non-hydrogen) atoms. The number of hydrogen-bond acceptors (Lipinski definition) is 6. The second kappa shape index (κ2) is 8.86. The van der Waals surface area contributed by atoms with Crippen molar-refractivity contribution in [3.05, 3.63) is 29.8 Å². The fraction of sp³-hybridized carbons (Fsp3) is 0.609. The fourth-order valence-corrected chi connectivity index (χ4v) is 4.97. The highest BCUT2D eigenvalue weighted by Crippen LogP contribution is 2.37. The Bertz CT molecular complexity index is 881. The first kappa shape index (κ1) is 21.5. The molecular formula is C23H28F2N2O5. The Kier molecular flexibility index (Phi) is 5.94. The zero-order chi connectivity index (χ0) is 22.1. The first-order valence-electron chi connectivity index (χ1n) is 11.3. The monoisotopic (exact) mass is 450 g/mol. The van der Waals surface area contributed by atoms with Crippen LogP contribution in [0.1, 0.15) is 44.1 Å². The molecule has 3 heterocycles. The van der Waals surface area contributed by atoms with Crippen LogP contribution in [0.4, 0.5) is 8.78 Å². The van der Waals surface area contributed by atoms with E-state index in [-0.39, 0.29) is 29.4 Å². The van der Waals surface area contributed by atoms with Gasteiger partial charge in [0.1, 0.15) is 11.7 Å². The molecule has 5 rings (SSSR count). The summed E-state index contributed by atoms with van der Waals surface area (Å²) in [7, 11) is 0. The third-order valence-electron chi connectivity index (χ3n) is 6.71. The number of nitrogens with one attached hydrogen (secondary N) is 1. The van der Waals surface area contributed by atoms with E-state index in [1.165, 1.54) is 6.07 Å². The molecule has 2 atom stereocenters. The van der Waals surface area contributed by atoms with Crippen LogP contribution in [0.3, 0.4) is 0 Å². The molecule has 1 saturated carbocycles. The molecule has 1 spiro atoms. The molecule has 2 saturated heterocycles. The summed E-state index contributed by atoms with van der Waals surface area (Å²) in [6.07, 6.45) is 7.20. The number of likely N-dealkylation sites (tertiary alicyclic amines) is 1. The molecule has 174 valence electrons. The minimum Gasteiger partial charge on any atom is -0.485 e. The van der Waals surface area contributed by atoms with E-state index in [2.05, 4.69) is 5.48 Å². The van der Waals surface area contributed by atoms with Crippen molar-refractivity contribution < 1.29 is 32.6 Å². The summed E-state index contributed by atoms with van der Waals surface area (Å²) in [4.78, 5) is 20.3. The lowest BCUT2D eigenvalue weighted by Crippen LogP contribution is -2.34. The number of hydroxylamine groups is 1. The number of amides is 1. The molecule has 3 fully saturated rings. The lowest BCUT2D eigenvalue weighted by molar-refractivity contribution is -0.134. The van der Waals surface area contributed by atoms with Crippen molar-refractivity contribution in [3.63, 3.8) is 0 Å². The van der Waals surface area contributed by atoms with E-state index in [0.29, 0.717) is 32.7 Å². The number of benzene rings is 1. The molecule has 4 aliphatic rings. The van der Waals surface area contributed by atoms with Crippen molar-refractivity contribution in [3.8, 4) is 11.5 Å². The van der Waals surface area contributed by atoms with Crippen LogP contribution in [0.15, 0.2) is 24.3 Å². The molecule has 1 aromatic rings. The Morgan fingerprint density at radius 1 is 1.22 bits per heavy atom. The van der Waals surface area contributed by atoms with Crippen LogP contribution in [0.5, 0.6) is 11.5 Å². The predicted molar refractivity (Wildman–Crippen MR) is 111 cm³/mol. The minimum absolute atomic E-state index is 0.0252. The Morgan fingerprint density at radius 2 is 2.06 bits per heavy atom. The summed E-state index contributed by atoms with van der Waals surface area (Å²) in [5.74, 6) is 0.507. The quantitative estimate of drug-likeness (QED) is 0.716. The molecule has 1 unspecified atom stereocenters. The molecule has 0 bridgehead atoms. The van der Waals surface area contributed by atoms with Crippen LogP contribution in [0.2, 0.25) is 0 Å². The summed E-state index contributed by atoms with van der Waals surface area (Å²) in [5, 5.41) is 0. The van der Waals surface area contributed by atoms with Gasteiger partial charge in [-0.05, 0) is 37.1 Å². The topological polar surface area (TPSA) is 69.3 Å². The molecule has 1 aromatic carbocycles. The van der Waals surface area contributed by atoms with Gasteiger partial charge < -0.3 is 19.1 Å². The Morgan fingerprint density at radius 3 is 2.81 bits per heavy atom. The van der Waals surface area contributed by atoms with E-state index in [4.69, 9.17) is 19.0 Å². The number of ether oxygens (including phenoxy) is 3. The molecule has 1 amide bonds. The van der Waals surface area contributed by atoms with E-state index in [9.17, 15) is 13.6 Å². The van der Waals surface area contributed by atoms with E-state index in [0.717, 1.165) is 43.4 Å². The van der Waals surface area contributed by atoms with Crippen molar-refractivity contribution >= 4 is 11.6 Å². The zero-order valence-corrected chi connectivity index (χ0v) is 17.9.